The molecule has 29 heavy (non-hydrogen) atoms. The molecule has 4 rings (SSSR count). The minimum Gasteiger partial charge on any atom is -0.467 e. The Morgan fingerprint density at radius 1 is 1.34 bits per heavy atom. The molecular formula is C19H24N6O3S. The first-order valence-corrected chi connectivity index (χ1v) is 10.6. The van der Waals surface area contributed by atoms with Gasteiger partial charge in [-0.3, -0.25) is 9.36 Å². The molecule has 9 nitrogen and oxygen atoms in total. The van der Waals surface area contributed by atoms with E-state index >= 15 is 0 Å². The number of hydrogen-bond donors (Lipinski definition) is 1. The Morgan fingerprint density at radius 3 is 2.86 bits per heavy atom. The molecule has 0 atom stereocenters. The lowest BCUT2D eigenvalue weighted by Gasteiger charge is -2.31. The van der Waals surface area contributed by atoms with Crippen molar-refractivity contribution in [2.24, 2.45) is 5.92 Å². The van der Waals surface area contributed by atoms with E-state index in [1.807, 2.05) is 16.7 Å². The number of thioether (sulfide) groups is 1. The Balaban J connectivity index is 1.47. The zero-order valence-electron chi connectivity index (χ0n) is 16.5. The minimum absolute atomic E-state index is 0.177. The number of carbonyl (C=O) groups is 1. The zero-order chi connectivity index (χ0) is 20.2. The van der Waals surface area contributed by atoms with Gasteiger partial charge in [0.15, 0.2) is 11.0 Å². The van der Waals surface area contributed by atoms with Crippen LogP contribution in [0.25, 0.3) is 0 Å². The van der Waals surface area contributed by atoms with E-state index in [1.165, 1.54) is 11.8 Å². The molecule has 0 radical (unpaired) electrons. The fourth-order valence-corrected chi connectivity index (χ4v) is 3.99. The maximum Gasteiger partial charge on any atom is 0.236 e. The van der Waals surface area contributed by atoms with Crippen molar-refractivity contribution in [1.29, 1.82) is 0 Å². The highest BCUT2D eigenvalue weighted by atomic mass is 32.2. The first kappa shape index (κ1) is 19.6. The Labute approximate surface area is 172 Å². The zero-order valence-corrected chi connectivity index (χ0v) is 17.3. The highest BCUT2D eigenvalue weighted by molar-refractivity contribution is 7.99. The second-order valence-electron chi connectivity index (χ2n) is 7.28. The first-order chi connectivity index (χ1) is 14.1. The monoisotopic (exact) mass is 416 g/mol. The normalized spacial score (nSPS) is 15.0. The van der Waals surface area contributed by atoms with Crippen LogP contribution in [0.5, 0.6) is 0 Å². The van der Waals surface area contributed by atoms with E-state index in [-0.39, 0.29) is 11.7 Å². The molecule has 0 spiro atoms. The second kappa shape index (κ2) is 8.73. The molecule has 1 amide bonds. The van der Waals surface area contributed by atoms with Gasteiger partial charge in [-0.05, 0) is 37.8 Å². The van der Waals surface area contributed by atoms with E-state index in [0.717, 1.165) is 43.6 Å². The lowest BCUT2D eigenvalue weighted by molar-refractivity contribution is -0.113. The van der Waals surface area contributed by atoms with Crippen LogP contribution in [0, 0.1) is 12.8 Å². The van der Waals surface area contributed by atoms with E-state index in [4.69, 9.17) is 8.94 Å². The van der Waals surface area contributed by atoms with Crippen molar-refractivity contribution in [3.8, 4) is 0 Å². The molecule has 1 saturated heterocycles. The molecule has 0 bridgehead atoms. The maximum atomic E-state index is 12.3. The number of aromatic nitrogens is 4. The predicted octanol–water partition coefficient (Wildman–Crippen LogP) is 3.18. The topological polar surface area (TPSA) is 102 Å². The molecule has 4 heterocycles. The van der Waals surface area contributed by atoms with Crippen molar-refractivity contribution in [3.63, 3.8) is 0 Å². The van der Waals surface area contributed by atoms with Crippen LogP contribution >= 0.6 is 11.8 Å². The summed E-state index contributed by atoms with van der Waals surface area (Å²) in [5.41, 5.74) is 0. The summed E-state index contributed by atoms with van der Waals surface area (Å²) in [5.74, 6) is 3.44. The van der Waals surface area contributed by atoms with Gasteiger partial charge in [-0.15, -0.1) is 10.2 Å². The maximum absolute atomic E-state index is 12.3. The predicted molar refractivity (Wildman–Crippen MR) is 109 cm³/mol. The highest BCUT2D eigenvalue weighted by Crippen LogP contribution is 2.27. The van der Waals surface area contributed by atoms with Crippen molar-refractivity contribution in [1.82, 2.24) is 19.9 Å². The SMILES string of the molecule is Cc1cc(NC(=O)CSc2nnc(N3CCC(C)CC3)n2Cc2ccco2)no1. The van der Waals surface area contributed by atoms with Gasteiger partial charge in [0.25, 0.3) is 0 Å². The lowest BCUT2D eigenvalue weighted by atomic mass is 10.00. The van der Waals surface area contributed by atoms with Crippen molar-refractivity contribution in [2.45, 2.75) is 38.4 Å². The second-order valence-corrected chi connectivity index (χ2v) is 8.22. The molecule has 3 aromatic heterocycles. The number of piperidine rings is 1. The number of rotatable bonds is 7. The minimum atomic E-state index is -0.177. The third-order valence-corrected chi connectivity index (χ3v) is 5.85. The van der Waals surface area contributed by atoms with Crippen molar-refractivity contribution < 1.29 is 13.7 Å². The third-order valence-electron chi connectivity index (χ3n) is 4.89. The average molecular weight is 417 g/mol. The van der Waals surface area contributed by atoms with Gasteiger partial charge >= 0.3 is 0 Å². The van der Waals surface area contributed by atoms with Crippen LogP contribution < -0.4 is 10.2 Å². The van der Waals surface area contributed by atoms with Crippen LogP contribution in [0.1, 0.15) is 31.3 Å². The van der Waals surface area contributed by atoms with E-state index in [1.54, 1.807) is 19.3 Å². The van der Waals surface area contributed by atoms with Crippen LogP contribution in [0.15, 0.2) is 38.6 Å². The Hall–Kier alpha value is -2.75. The van der Waals surface area contributed by atoms with Gasteiger partial charge in [-0.2, -0.15) is 0 Å². The smallest absolute Gasteiger partial charge is 0.236 e. The summed E-state index contributed by atoms with van der Waals surface area (Å²) in [5, 5.41) is 16.0. The number of amides is 1. The first-order valence-electron chi connectivity index (χ1n) is 9.65. The molecule has 1 fully saturated rings. The summed E-state index contributed by atoms with van der Waals surface area (Å²) < 4.78 is 12.5. The number of furan rings is 1. The Bertz CT molecular complexity index is 943. The molecule has 0 aliphatic carbocycles. The van der Waals surface area contributed by atoms with Crippen molar-refractivity contribution in [2.75, 3.05) is 29.1 Å². The van der Waals surface area contributed by atoms with Gasteiger partial charge in [-0.25, -0.2) is 0 Å². The number of carbonyl (C=O) groups excluding carboxylic acids is 1. The Morgan fingerprint density at radius 2 is 2.17 bits per heavy atom. The van der Waals surface area contributed by atoms with Gasteiger partial charge in [0.05, 0.1) is 18.6 Å². The van der Waals surface area contributed by atoms with Gasteiger partial charge in [0, 0.05) is 19.2 Å². The summed E-state index contributed by atoms with van der Waals surface area (Å²) in [7, 11) is 0. The summed E-state index contributed by atoms with van der Waals surface area (Å²) >= 11 is 1.34. The van der Waals surface area contributed by atoms with Gasteiger partial charge in [-0.1, -0.05) is 23.8 Å². The average Bonchev–Trinajstić information content (AvgIpc) is 3.44. The molecule has 0 unspecified atom stereocenters. The van der Waals surface area contributed by atoms with E-state index < -0.39 is 0 Å². The number of nitrogens with zero attached hydrogens (tertiary/aromatic N) is 5. The molecule has 3 aromatic rings. The van der Waals surface area contributed by atoms with E-state index in [2.05, 4.69) is 32.5 Å². The fourth-order valence-electron chi connectivity index (χ4n) is 3.26. The molecule has 1 N–H and O–H groups in total. The summed E-state index contributed by atoms with van der Waals surface area (Å²) in [6.45, 7) is 6.48. The van der Waals surface area contributed by atoms with Crippen LogP contribution in [-0.2, 0) is 11.3 Å². The highest BCUT2D eigenvalue weighted by Gasteiger charge is 2.23. The summed E-state index contributed by atoms with van der Waals surface area (Å²) in [6, 6.07) is 5.47. The molecule has 10 heteroatoms. The number of aryl methyl sites for hydroxylation is 1. The molecule has 0 saturated carbocycles. The van der Waals surface area contributed by atoms with E-state index in [0.29, 0.717) is 23.3 Å². The Kier molecular flexibility index (Phi) is 5.89. The van der Waals surface area contributed by atoms with Crippen LogP contribution in [-0.4, -0.2) is 44.7 Å². The van der Waals surface area contributed by atoms with Crippen molar-refractivity contribution in [3.05, 3.63) is 36.0 Å². The summed E-state index contributed by atoms with van der Waals surface area (Å²) in [4.78, 5) is 14.5. The quantitative estimate of drug-likeness (QED) is 0.586. The standard InChI is InChI=1S/C19H24N6O3S/c1-13-5-7-24(8-6-13)18-21-22-19(25(18)11-15-4-3-9-27-15)29-12-17(26)20-16-10-14(2)28-23-16/h3-4,9-10,13H,5-8,11-12H2,1-2H3,(H,20,23,26). The van der Waals surface area contributed by atoms with Crippen LogP contribution in [0.4, 0.5) is 11.8 Å². The van der Waals surface area contributed by atoms with Gasteiger partial charge < -0.3 is 19.2 Å². The molecule has 1 aliphatic heterocycles. The third kappa shape index (κ3) is 4.81. The van der Waals surface area contributed by atoms with Crippen molar-refractivity contribution >= 4 is 29.4 Å². The summed E-state index contributed by atoms with van der Waals surface area (Å²) in [6.07, 6.45) is 3.92. The van der Waals surface area contributed by atoms with E-state index in [9.17, 15) is 4.79 Å². The molecule has 1 aliphatic rings. The molecule has 0 aromatic carbocycles. The van der Waals surface area contributed by atoms with Gasteiger partial charge in [0.2, 0.25) is 11.9 Å². The molecule has 154 valence electrons. The number of hydrogen-bond acceptors (Lipinski definition) is 8. The van der Waals surface area contributed by atoms with Gasteiger partial charge in [0.1, 0.15) is 11.5 Å². The number of anilines is 2. The lowest BCUT2D eigenvalue weighted by Crippen LogP contribution is -2.35. The van der Waals surface area contributed by atoms with Crippen LogP contribution in [0.2, 0.25) is 0 Å². The number of nitrogens with one attached hydrogen (secondary N) is 1. The fraction of sp³-hybridized carbons (Fsp3) is 0.474. The largest absolute Gasteiger partial charge is 0.467 e. The molecular weight excluding hydrogens is 392 g/mol. The van der Waals surface area contributed by atoms with Crippen LogP contribution in [0.3, 0.4) is 0 Å².